The number of esters is 1. The summed E-state index contributed by atoms with van der Waals surface area (Å²) in [6.45, 7) is 17.3. The van der Waals surface area contributed by atoms with E-state index in [1.165, 1.54) is 77.0 Å². The van der Waals surface area contributed by atoms with E-state index >= 15 is 0 Å². The minimum Gasteiger partial charge on any atom is -0.461 e. The second kappa shape index (κ2) is 29.0. The Labute approximate surface area is 489 Å². The van der Waals surface area contributed by atoms with Crippen molar-refractivity contribution in [3.05, 3.63) is 154 Å². The maximum Gasteiger partial charge on any atom is 0.501 e. The van der Waals surface area contributed by atoms with Gasteiger partial charge in [-0.25, -0.2) is 8.42 Å². The summed E-state index contributed by atoms with van der Waals surface area (Å²) in [6.07, 6.45) is 5.76. The van der Waals surface area contributed by atoms with Crippen LogP contribution < -0.4 is 9.64 Å². The summed E-state index contributed by atoms with van der Waals surface area (Å²) in [5, 5.41) is 0.729. The van der Waals surface area contributed by atoms with Gasteiger partial charge in [-0.2, -0.15) is 13.2 Å². The Hall–Kier alpha value is -5.05. The van der Waals surface area contributed by atoms with E-state index in [1.54, 1.807) is 36.4 Å². The van der Waals surface area contributed by atoms with Gasteiger partial charge in [-0.1, -0.05) is 79.6 Å². The first-order valence-corrected chi connectivity index (χ1v) is 31.4. The molecule has 5 aromatic rings. The van der Waals surface area contributed by atoms with E-state index in [-0.39, 0.29) is 22.4 Å². The number of aryl methyl sites for hydroxylation is 1. The number of morpholine rings is 1. The number of anilines is 1. The molecule has 3 heterocycles. The number of amides is 1. The molecule has 5 aromatic carbocycles. The number of ether oxygens (including phenoxy) is 4. The van der Waals surface area contributed by atoms with Crippen LogP contribution in [0.2, 0.25) is 5.02 Å². The van der Waals surface area contributed by atoms with Crippen LogP contribution in [-0.4, -0.2) is 130 Å². The van der Waals surface area contributed by atoms with Crippen molar-refractivity contribution < 1.29 is 50.1 Å². The molecule has 3 saturated heterocycles. The van der Waals surface area contributed by atoms with E-state index in [4.69, 9.17) is 30.5 Å². The zero-order chi connectivity index (χ0) is 57.6. The van der Waals surface area contributed by atoms with E-state index in [9.17, 15) is 31.2 Å². The molecule has 2 unspecified atom stereocenters. The van der Waals surface area contributed by atoms with Crippen LogP contribution in [0.1, 0.15) is 92.8 Å². The Morgan fingerprint density at radius 2 is 1.53 bits per heavy atom. The number of halogens is 4. The lowest BCUT2D eigenvalue weighted by atomic mass is 9.73. The molecule has 0 bridgehead atoms. The third-order valence-electron chi connectivity index (χ3n) is 14.8. The van der Waals surface area contributed by atoms with Gasteiger partial charge in [-0.05, 0) is 177 Å². The molecular formula is C62H74ClF3N4O8S3. The number of benzene rings is 5. The minimum atomic E-state index is -5.65. The topological polar surface area (TPSA) is 118 Å². The lowest BCUT2D eigenvalue weighted by molar-refractivity contribution is -0.195. The molecule has 4 aliphatic rings. The second-order valence-electron chi connectivity index (χ2n) is 21.7. The average Bonchev–Trinajstić information content (AvgIpc) is 3.45. The van der Waals surface area contributed by atoms with Crippen LogP contribution in [0.15, 0.2) is 142 Å². The first kappa shape index (κ1) is 62.0. The summed E-state index contributed by atoms with van der Waals surface area (Å²) in [5.74, 6) is 0.799. The summed E-state index contributed by atoms with van der Waals surface area (Å²) < 4.78 is 89.9. The van der Waals surface area contributed by atoms with Crippen LogP contribution in [0.25, 0.3) is 5.57 Å². The van der Waals surface area contributed by atoms with Crippen molar-refractivity contribution in [2.75, 3.05) is 82.8 Å². The number of piperazine rings is 1. The van der Waals surface area contributed by atoms with Crippen molar-refractivity contribution in [3.63, 3.8) is 0 Å². The summed E-state index contributed by atoms with van der Waals surface area (Å²) >= 11 is 9.02. The van der Waals surface area contributed by atoms with Crippen molar-refractivity contribution >= 4 is 68.3 Å². The molecule has 19 heteroatoms. The molecule has 81 heavy (non-hydrogen) atoms. The Morgan fingerprint density at radius 3 is 2.21 bits per heavy atom. The third kappa shape index (κ3) is 18.0. The third-order valence-corrected chi connectivity index (χ3v) is 18.8. The Balaban J connectivity index is 0.000000430. The van der Waals surface area contributed by atoms with Crippen LogP contribution in [0, 0.1) is 12.3 Å². The number of hydrogen-bond donors (Lipinski definition) is 0. The van der Waals surface area contributed by atoms with Crippen LogP contribution in [0.4, 0.5) is 18.9 Å². The van der Waals surface area contributed by atoms with Crippen LogP contribution in [0.3, 0.4) is 0 Å². The van der Waals surface area contributed by atoms with Gasteiger partial charge < -0.3 is 23.8 Å². The van der Waals surface area contributed by atoms with Gasteiger partial charge in [-0.3, -0.25) is 23.7 Å². The normalized spacial score (nSPS) is 19.1. The zero-order valence-corrected chi connectivity index (χ0v) is 49.8. The highest BCUT2D eigenvalue weighted by atomic mass is 35.5. The molecule has 0 saturated carbocycles. The second-order valence-corrected chi connectivity index (χ2v) is 26.3. The first-order chi connectivity index (χ1) is 38.8. The highest BCUT2D eigenvalue weighted by Crippen LogP contribution is 2.43. The van der Waals surface area contributed by atoms with Crippen LogP contribution >= 0.6 is 35.3 Å². The molecule has 0 radical (unpaired) electrons. The standard InChI is InChI=1S/C48H53ClF3N3O7S2.C14H21NOS/c1-32-7-20-41(28-44(32)64(58,59)48(50,51)52)63-55(30-34-8-18-40(19-9-34)62-46-43(61-33(2)56)6-5-27-60-46)45(57)36-12-16-39(17-13-36)54-25-23-53(24-26-54)31-37-29-47(3,4)22-21-42(37)35-10-14-38(49)15-11-35;1-2-6-14(7-3-1)17-13-5-4-8-15-9-11-16-12-10-15/h7-20,28,43,46H,5-6,21-27,29-31H2,1-4H3;1-3,6-7H,4-5,8-13H2. The van der Waals surface area contributed by atoms with Crippen molar-refractivity contribution in [2.45, 2.75) is 112 Å². The number of thioether (sulfide) groups is 1. The van der Waals surface area contributed by atoms with Gasteiger partial charge in [0.15, 0.2) is 6.10 Å². The molecule has 9 rings (SSSR count). The molecule has 0 aromatic heterocycles. The number of alkyl halides is 3. The average molecular weight is 1190 g/mol. The van der Waals surface area contributed by atoms with Gasteiger partial charge in [0.05, 0.1) is 31.3 Å². The summed E-state index contributed by atoms with van der Waals surface area (Å²) in [6, 6.07) is 36.7. The molecule has 3 aliphatic heterocycles. The van der Waals surface area contributed by atoms with Gasteiger partial charge in [0.2, 0.25) is 6.29 Å². The number of unbranched alkanes of at least 4 members (excludes halogenated alkanes) is 1. The van der Waals surface area contributed by atoms with Crippen molar-refractivity contribution in [1.29, 1.82) is 0 Å². The van der Waals surface area contributed by atoms with Crippen LogP contribution in [-0.2, 0) is 35.4 Å². The van der Waals surface area contributed by atoms with Gasteiger partial charge in [0.25, 0.3) is 15.7 Å². The number of hydrogen-bond acceptors (Lipinski definition) is 13. The largest absolute Gasteiger partial charge is 0.501 e. The summed E-state index contributed by atoms with van der Waals surface area (Å²) in [4.78, 5) is 33.9. The summed E-state index contributed by atoms with van der Waals surface area (Å²) in [7, 11) is -5.65. The molecular weight excluding hydrogens is 1120 g/mol. The molecule has 1 amide bonds. The maximum absolute atomic E-state index is 14.3. The number of nitrogens with zero attached hydrogens (tertiary/aromatic N) is 4. The number of sulfone groups is 1. The van der Waals surface area contributed by atoms with Crippen molar-refractivity contribution in [3.8, 4) is 5.75 Å². The monoisotopic (exact) mass is 1190 g/mol. The van der Waals surface area contributed by atoms with E-state index < -0.39 is 44.5 Å². The highest BCUT2D eigenvalue weighted by Gasteiger charge is 2.47. The Morgan fingerprint density at radius 1 is 0.827 bits per heavy atom. The predicted octanol–water partition coefficient (Wildman–Crippen LogP) is 13.4. The first-order valence-electron chi connectivity index (χ1n) is 27.8. The van der Waals surface area contributed by atoms with E-state index in [0.29, 0.717) is 36.3 Å². The SMILES string of the molecule is CC(=O)OC1CCCOC1Oc1ccc(CN(Sc2ccc(C)c(S(=O)(=O)C(F)(F)F)c2)C(=O)c2ccc(N3CCN(CC4=C(c5ccc(Cl)cc5)CCC(C)(C)C4)CC3)cc2)cc1.c1ccc(SCCCCN2CCOCC2)cc1. The fourth-order valence-corrected chi connectivity index (χ4v) is 13.5. The molecule has 0 spiro atoms. The highest BCUT2D eigenvalue weighted by molar-refractivity contribution is 7.99. The Bertz CT molecular complexity index is 2990. The number of carbonyl (C=O) groups excluding carboxylic acids is 2. The molecule has 3 fully saturated rings. The smallest absolute Gasteiger partial charge is 0.461 e. The van der Waals surface area contributed by atoms with E-state index in [2.05, 4.69) is 71.0 Å². The quantitative estimate of drug-likeness (QED) is 0.0338. The number of allylic oxidation sites excluding steroid dienone is 1. The minimum absolute atomic E-state index is 0.00602. The lowest BCUT2D eigenvalue weighted by Gasteiger charge is -2.39. The molecule has 436 valence electrons. The number of carbonyl (C=O) groups is 2. The van der Waals surface area contributed by atoms with E-state index in [1.807, 2.05) is 36.0 Å². The molecule has 1 aliphatic carbocycles. The van der Waals surface area contributed by atoms with Gasteiger partial charge in [-0.15, -0.1) is 11.8 Å². The molecule has 0 N–H and O–H groups in total. The van der Waals surface area contributed by atoms with Crippen LogP contribution in [0.5, 0.6) is 5.75 Å². The molecule has 2 atom stereocenters. The Kier molecular flexibility index (Phi) is 22.2. The fourth-order valence-electron chi connectivity index (χ4n) is 10.4. The fraction of sp³-hybridized carbons (Fsp3) is 0.452. The van der Waals surface area contributed by atoms with Crippen molar-refractivity contribution in [1.82, 2.24) is 14.1 Å². The molecule has 12 nitrogen and oxygen atoms in total. The summed E-state index contributed by atoms with van der Waals surface area (Å²) in [5.41, 5.74) is 0.778. The van der Waals surface area contributed by atoms with E-state index in [0.717, 1.165) is 107 Å². The lowest BCUT2D eigenvalue weighted by Crippen LogP contribution is -2.47. The van der Waals surface area contributed by atoms with Crippen molar-refractivity contribution in [2.24, 2.45) is 5.41 Å². The maximum atomic E-state index is 14.3. The predicted molar refractivity (Wildman–Crippen MR) is 317 cm³/mol. The van der Waals surface area contributed by atoms with Gasteiger partial charge in [0.1, 0.15) is 5.75 Å². The number of rotatable bonds is 19. The van der Waals surface area contributed by atoms with Gasteiger partial charge >= 0.3 is 11.5 Å². The zero-order valence-electron chi connectivity index (χ0n) is 46.6. The van der Waals surface area contributed by atoms with Gasteiger partial charge in [0, 0.05) is 78.8 Å².